The minimum absolute atomic E-state index is 0.0156. The third kappa shape index (κ3) is 2.98. The maximum Gasteiger partial charge on any atom is 0.254 e. The second-order valence-corrected chi connectivity index (χ2v) is 8.66. The van der Waals surface area contributed by atoms with Crippen molar-refractivity contribution >= 4 is 11.8 Å². The van der Waals surface area contributed by atoms with Gasteiger partial charge in [-0.3, -0.25) is 9.59 Å². The molecule has 2 amide bonds. The molecule has 4 saturated heterocycles. The molecule has 28 heavy (non-hydrogen) atoms. The van der Waals surface area contributed by atoms with Crippen molar-refractivity contribution in [1.82, 2.24) is 9.80 Å². The van der Waals surface area contributed by atoms with Gasteiger partial charge in [-0.25, -0.2) is 0 Å². The van der Waals surface area contributed by atoms with Crippen molar-refractivity contribution in [2.24, 2.45) is 5.92 Å². The zero-order chi connectivity index (χ0) is 19.3. The molecular formula is C22H25N3O3. The number of hydrogen-bond donors (Lipinski definition) is 0. The van der Waals surface area contributed by atoms with Gasteiger partial charge in [0.15, 0.2) is 0 Å². The summed E-state index contributed by atoms with van der Waals surface area (Å²) in [6.07, 6.45) is 6.38. The molecule has 4 heterocycles. The Kier molecular flexibility index (Phi) is 4.36. The quantitative estimate of drug-likeness (QED) is 0.808. The third-order valence-electron chi connectivity index (χ3n) is 6.98. The highest BCUT2D eigenvalue weighted by atomic mass is 16.5. The van der Waals surface area contributed by atoms with Gasteiger partial charge in [-0.15, -0.1) is 0 Å². The number of carbonyl (C=O) groups excluding carboxylic acids is 2. The molecule has 0 aromatic heterocycles. The maximum absolute atomic E-state index is 13.1. The molecule has 5 unspecified atom stereocenters. The van der Waals surface area contributed by atoms with Gasteiger partial charge in [0.05, 0.1) is 35.9 Å². The number of piperazine rings is 1. The van der Waals surface area contributed by atoms with Gasteiger partial charge in [0.1, 0.15) is 0 Å². The van der Waals surface area contributed by atoms with E-state index < -0.39 is 0 Å². The van der Waals surface area contributed by atoms with Crippen LogP contribution in [0.2, 0.25) is 0 Å². The van der Waals surface area contributed by atoms with E-state index in [4.69, 9.17) is 10.00 Å². The van der Waals surface area contributed by atoms with Crippen molar-refractivity contribution in [2.75, 3.05) is 13.1 Å². The van der Waals surface area contributed by atoms with Crippen LogP contribution in [0.5, 0.6) is 0 Å². The van der Waals surface area contributed by atoms with E-state index in [0.717, 1.165) is 32.1 Å². The molecule has 6 nitrogen and oxygen atoms in total. The largest absolute Gasteiger partial charge is 0.375 e. The van der Waals surface area contributed by atoms with E-state index in [9.17, 15) is 9.59 Å². The Morgan fingerprint density at radius 3 is 2.57 bits per heavy atom. The Morgan fingerprint density at radius 1 is 1.14 bits per heavy atom. The van der Waals surface area contributed by atoms with Gasteiger partial charge in [-0.05, 0) is 56.2 Å². The summed E-state index contributed by atoms with van der Waals surface area (Å²) in [4.78, 5) is 29.9. The van der Waals surface area contributed by atoms with Crippen LogP contribution in [0.25, 0.3) is 0 Å². The van der Waals surface area contributed by atoms with E-state index in [0.29, 0.717) is 42.7 Å². The van der Waals surface area contributed by atoms with Crippen LogP contribution in [-0.2, 0) is 9.53 Å². The zero-order valence-electron chi connectivity index (χ0n) is 15.9. The smallest absolute Gasteiger partial charge is 0.254 e. The second kappa shape index (κ2) is 6.89. The molecule has 5 atom stereocenters. The summed E-state index contributed by atoms with van der Waals surface area (Å²) in [6, 6.07) is 9.16. The van der Waals surface area contributed by atoms with E-state index in [-0.39, 0.29) is 30.0 Å². The Bertz CT molecular complexity index is 834. The monoisotopic (exact) mass is 379 g/mol. The minimum atomic E-state index is -0.0156. The van der Waals surface area contributed by atoms with Gasteiger partial charge >= 0.3 is 0 Å². The Labute approximate surface area is 165 Å². The average molecular weight is 379 g/mol. The number of nitrogens with zero attached hydrogens (tertiary/aromatic N) is 3. The Morgan fingerprint density at radius 2 is 1.93 bits per heavy atom. The lowest BCUT2D eigenvalue weighted by molar-refractivity contribution is -0.135. The van der Waals surface area contributed by atoms with Crippen LogP contribution < -0.4 is 0 Å². The molecule has 0 spiro atoms. The van der Waals surface area contributed by atoms with Gasteiger partial charge in [-0.1, -0.05) is 6.07 Å². The lowest BCUT2D eigenvalue weighted by atomic mass is 9.86. The summed E-state index contributed by atoms with van der Waals surface area (Å²) in [5.41, 5.74) is 1.06. The highest BCUT2D eigenvalue weighted by Crippen LogP contribution is 2.41. The van der Waals surface area contributed by atoms with Crippen molar-refractivity contribution < 1.29 is 14.3 Å². The number of likely N-dealkylation sites (tertiary alicyclic amines) is 1. The van der Waals surface area contributed by atoms with E-state index >= 15 is 0 Å². The first-order valence-corrected chi connectivity index (χ1v) is 10.4. The molecule has 0 saturated carbocycles. The van der Waals surface area contributed by atoms with E-state index in [1.807, 2.05) is 9.80 Å². The standard InChI is InChI=1S/C22H25N3O3/c23-11-14-2-1-3-15(8-14)22(27)25-17-4-5-18(25)13-24(12-17)21(26)10-16-9-19-6-7-20(16)28-19/h1-3,8,16-20H,4-7,9-10,12-13H2. The molecule has 5 rings (SSSR count). The van der Waals surface area contributed by atoms with E-state index in [1.54, 1.807) is 24.3 Å². The van der Waals surface area contributed by atoms with Crippen molar-refractivity contribution in [3.63, 3.8) is 0 Å². The third-order valence-corrected chi connectivity index (χ3v) is 6.98. The summed E-state index contributed by atoms with van der Waals surface area (Å²) in [5.74, 6) is 0.576. The number of hydrogen-bond acceptors (Lipinski definition) is 4. The van der Waals surface area contributed by atoms with E-state index in [1.165, 1.54) is 0 Å². The topological polar surface area (TPSA) is 73.6 Å². The molecule has 146 valence electrons. The number of rotatable bonds is 3. The fourth-order valence-corrected chi connectivity index (χ4v) is 5.62. The summed E-state index contributed by atoms with van der Waals surface area (Å²) >= 11 is 0. The molecule has 4 aliphatic rings. The van der Waals surface area contributed by atoms with E-state index in [2.05, 4.69) is 6.07 Å². The van der Waals surface area contributed by atoms with Crippen LogP contribution in [0.4, 0.5) is 0 Å². The molecule has 1 aromatic rings. The minimum Gasteiger partial charge on any atom is -0.375 e. The number of benzene rings is 1. The molecule has 0 radical (unpaired) electrons. The highest BCUT2D eigenvalue weighted by molar-refractivity contribution is 5.95. The first-order chi connectivity index (χ1) is 13.6. The number of amides is 2. The van der Waals surface area contributed by atoms with Crippen LogP contribution in [0.15, 0.2) is 24.3 Å². The number of carbonyl (C=O) groups is 2. The van der Waals surface area contributed by atoms with Crippen molar-refractivity contribution in [2.45, 2.75) is 62.8 Å². The van der Waals surface area contributed by atoms with Crippen molar-refractivity contribution in [3.05, 3.63) is 35.4 Å². The van der Waals surface area contributed by atoms with Crippen LogP contribution in [0.1, 0.15) is 54.4 Å². The molecular weight excluding hydrogens is 354 g/mol. The number of nitriles is 1. The van der Waals surface area contributed by atoms with Crippen LogP contribution in [0.3, 0.4) is 0 Å². The fourth-order valence-electron chi connectivity index (χ4n) is 5.62. The van der Waals surface area contributed by atoms with Crippen molar-refractivity contribution in [1.29, 1.82) is 5.26 Å². The summed E-state index contributed by atoms with van der Waals surface area (Å²) in [6.45, 7) is 1.25. The fraction of sp³-hybridized carbons (Fsp3) is 0.591. The lowest BCUT2D eigenvalue weighted by Crippen LogP contribution is -2.57. The molecule has 6 heteroatoms. The zero-order valence-corrected chi connectivity index (χ0v) is 15.9. The first-order valence-electron chi connectivity index (χ1n) is 10.4. The molecule has 4 bridgehead atoms. The van der Waals surface area contributed by atoms with Crippen LogP contribution >= 0.6 is 0 Å². The van der Waals surface area contributed by atoms with Crippen LogP contribution in [0, 0.1) is 17.2 Å². The summed E-state index contributed by atoms with van der Waals surface area (Å²) in [7, 11) is 0. The SMILES string of the molecule is N#Cc1cccc(C(=O)N2C3CCC2CN(C(=O)CC2CC4CCC2O4)C3)c1. The average Bonchev–Trinajstić information content (AvgIpc) is 3.40. The molecule has 4 aliphatic heterocycles. The summed E-state index contributed by atoms with van der Waals surface area (Å²) in [5, 5.41) is 9.09. The maximum atomic E-state index is 13.1. The molecule has 0 N–H and O–H groups in total. The molecule has 0 aliphatic carbocycles. The predicted octanol–water partition coefficient (Wildman–Crippen LogP) is 2.33. The Balaban J connectivity index is 1.25. The number of ether oxygens (including phenoxy) is 1. The molecule has 1 aromatic carbocycles. The second-order valence-electron chi connectivity index (χ2n) is 8.66. The number of fused-ring (bicyclic) bond motifs is 4. The first kappa shape index (κ1) is 17.7. The van der Waals surface area contributed by atoms with Gasteiger partial charge in [0.25, 0.3) is 5.91 Å². The van der Waals surface area contributed by atoms with Crippen LogP contribution in [-0.4, -0.2) is 59.0 Å². The van der Waals surface area contributed by atoms with Crippen molar-refractivity contribution in [3.8, 4) is 6.07 Å². The predicted molar refractivity (Wildman–Crippen MR) is 101 cm³/mol. The van der Waals surface area contributed by atoms with Gasteiger partial charge < -0.3 is 14.5 Å². The Hall–Kier alpha value is -2.39. The van der Waals surface area contributed by atoms with Gasteiger partial charge in [0, 0.05) is 25.1 Å². The van der Waals surface area contributed by atoms with Gasteiger partial charge in [0.2, 0.25) is 5.91 Å². The normalized spacial score (nSPS) is 33.2. The molecule has 4 fully saturated rings. The lowest BCUT2D eigenvalue weighted by Gasteiger charge is -2.41. The van der Waals surface area contributed by atoms with Gasteiger partial charge in [-0.2, -0.15) is 5.26 Å². The summed E-state index contributed by atoms with van der Waals surface area (Å²) < 4.78 is 5.90. The highest BCUT2D eigenvalue weighted by Gasteiger charge is 2.46.